The maximum absolute atomic E-state index is 13.1. The molecule has 6 rings (SSSR count). The van der Waals surface area contributed by atoms with E-state index in [1.807, 2.05) is 6.92 Å². The van der Waals surface area contributed by atoms with Gasteiger partial charge in [-0.1, -0.05) is 26.7 Å². The summed E-state index contributed by atoms with van der Waals surface area (Å²) in [7, 11) is 0. The third-order valence-corrected chi connectivity index (χ3v) is 14.7. The average Bonchev–Trinajstić information content (AvgIpc) is 3.35. The van der Waals surface area contributed by atoms with Crippen molar-refractivity contribution in [3.63, 3.8) is 0 Å². The van der Waals surface area contributed by atoms with Crippen molar-refractivity contribution in [2.45, 2.75) is 116 Å². The fourth-order valence-corrected chi connectivity index (χ4v) is 12.3. The normalized spacial score (nSPS) is 43.4. The first-order valence-electron chi connectivity index (χ1n) is 16.9. The van der Waals surface area contributed by atoms with Gasteiger partial charge in [0, 0.05) is 12.2 Å². The molecule has 0 spiro atoms. The number of β-lactam (4-membered cyclic amide) rings is 1. The molecule has 3 amide bonds. The van der Waals surface area contributed by atoms with Gasteiger partial charge in [0.2, 0.25) is 5.91 Å². The van der Waals surface area contributed by atoms with E-state index < -0.39 is 6.04 Å². The quantitative estimate of drug-likeness (QED) is 0.253. The number of rotatable bonds is 7. The molecule has 8 nitrogen and oxygen atoms in total. The van der Waals surface area contributed by atoms with Crippen LogP contribution < -0.4 is 10.6 Å². The number of fused-ring (bicyclic) bond motifs is 6. The van der Waals surface area contributed by atoms with Crippen LogP contribution in [0.5, 0.6) is 0 Å². The van der Waals surface area contributed by atoms with Crippen LogP contribution in [0, 0.1) is 58.7 Å². The maximum atomic E-state index is 13.1. The molecule has 2 aliphatic heterocycles. The van der Waals surface area contributed by atoms with Crippen LogP contribution in [0.25, 0.3) is 0 Å². The van der Waals surface area contributed by atoms with Crippen LogP contribution in [0.1, 0.15) is 91.9 Å². The number of amides is 3. The molecule has 12 unspecified atom stereocenters. The molecule has 242 valence electrons. The maximum Gasteiger partial charge on any atom is 0.268 e. The number of nitrogens with one attached hydrogen (secondary N) is 2. The van der Waals surface area contributed by atoms with Gasteiger partial charge in [-0.3, -0.25) is 19.3 Å². The first kappa shape index (κ1) is 31.9. The Balaban J connectivity index is 1.05. The Bertz CT molecular complexity index is 1260. The third-order valence-electron chi connectivity index (χ3n) is 13.3. The molecule has 44 heavy (non-hydrogen) atoms. The number of aliphatic hydroxyl groups is 2. The van der Waals surface area contributed by atoms with E-state index in [0.29, 0.717) is 53.4 Å². The van der Waals surface area contributed by atoms with Crippen molar-refractivity contribution < 1.29 is 24.6 Å². The molecule has 4 saturated carbocycles. The Labute approximate surface area is 266 Å². The molecule has 0 aromatic carbocycles. The SMILES string of the molecule is C#CCNC(=O)C1=C(C)CSC2C(NC(=O)CCC(C)C3CCC4C5C(O)CC6CC(O)CCC6(C)C5CCC34C)C(=O)N12. The van der Waals surface area contributed by atoms with Crippen LogP contribution in [-0.4, -0.2) is 68.8 Å². The predicted octanol–water partition coefficient (Wildman–Crippen LogP) is 3.82. The van der Waals surface area contributed by atoms with Crippen molar-refractivity contribution in [2.75, 3.05) is 12.3 Å². The van der Waals surface area contributed by atoms with Crippen LogP contribution in [0.3, 0.4) is 0 Å². The second kappa shape index (κ2) is 12.0. The fraction of sp³-hybridized carbons (Fsp3) is 0.800. The molecule has 4 N–H and O–H groups in total. The lowest BCUT2D eigenvalue weighted by Crippen LogP contribution is -2.70. The predicted molar refractivity (Wildman–Crippen MR) is 171 cm³/mol. The summed E-state index contributed by atoms with van der Waals surface area (Å²) in [5.41, 5.74) is 1.58. The molecule has 5 fully saturated rings. The highest BCUT2D eigenvalue weighted by Gasteiger charge is 2.63. The molecular weight excluding hydrogens is 574 g/mol. The van der Waals surface area contributed by atoms with E-state index in [1.54, 1.807) is 11.8 Å². The van der Waals surface area contributed by atoms with Crippen molar-refractivity contribution in [3.05, 3.63) is 11.3 Å². The van der Waals surface area contributed by atoms with Gasteiger partial charge in [0.05, 0.1) is 18.8 Å². The van der Waals surface area contributed by atoms with Gasteiger partial charge < -0.3 is 20.8 Å². The second-order valence-corrected chi connectivity index (χ2v) is 16.5. The van der Waals surface area contributed by atoms with Crippen molar-refractivity contribution in [1.82, 2.24) is 15.5 Å². The van der Waals surface area contributed by atoms with Gasteiger partial charge in [-0.15, -0.1) is 18.2 Å². The third kappa shape index (κ3) is 5.11. The summed E-state index contributed by atoms with van der Waals surface area (Å²) in [5, 5.41) is 27.3. The zero-order valence-corrected chi connectivity index (χ0v) is 27.6. The van der Waals surface area contributed by atoms with Crippen molar-refractivity contribution in [1.29, 1.82) is 0 Å². The summed E-state index contributed by atoms with van der Waals surface area (Å²) in [6, 6.07) is -0.617. The van der Waals surface area contributed by atoms with Crippen LogP contribution in [0.4, 0.5) is 0 Å². The minimum Gasteiger partial charge on any atom is -0.393 e. The summed E-state index contributed by atoms with van der Waals surface area (Å²) in [4.78, 5) is 40.4. The van der Waals surface area contributed by atoms with E-state index in [2.05, 4.69) is 37.3 Å². The highest BCUT2D eigenvalue weighted by Crippen LogP contribution is 2.68. The molecule has 12 atom stereocenters. The van der Waals surface area contributed by atoms with Gasteiger partial charge in [0.15, 0.2) is 0 Å². The van der Waals surface area contributed by atoms with Crippen LogP contribution >= 0.6 is 11.8 Å². The Morgan fingerprint density at radius 2 is 1.84 bits per heavy atom. The van der Waals surface area contributed by atoms with Crippen LogP contribution in [-0.2, 0) is 14.4 Å². The number of thioether (sulfide) groups is 1. The Morgan fingerprint density at radius 1 is 1.11 bits per heavy atom. The average molecular weight is 626 g/mol. The van der Waals surface area contributed by atoms with Gasteiger partial charge in [0.1, 0.15) is 17.1 Å². The van der Waals surface area contributed by atoms with E-state index in [9.17, 15) is 24.6 Å². The van der Waals surface area contributed by atoms with Crippen LogP contribution in [0.2, 0.25) is 0 Å². The van der Waals surface area contributed by atoms with E-state index in [-0.39, 0.29) is 52.7 Å². The number of aliphatic hydroxyl groups excluding tert-OH is 2. The fourth-order valence-electron chi connectivity index (χ4n) is 11.0. The highest BCUT2D eigenvalue weighted by molar-refractivity contribution is 8.00. The standard InChI is InChI=1S/C35H51N3O5S/c1-6-15-36-31(42)30-20(3)18-44-33-29(32(43)38(30)33)37-27(41)10-7-19(2)23-8-9-24-28-25(12-14-35(23,24)5)34(4)13-11-22(39)16-21(34)17-26(28)40/h1,19,21-26,28-29,33,39-40H,7-18H2,2-5H3,(H,36,42)(H,37,41). The topological polar surface area (TPSA) is 119 Å². The lowest BCUT2D eigenvalue weighted by molar-refractivity contribution is -0.174. The summed E-state index contributed by atoms with van der Waals surface area (Å²) < 4.78 is 0. The van der Waals surface area contributed by atoms with E-state index >= 15 is 0 Å². The van der Waals surface area contributed by atoms with Gasteiger partial charge in [0.25, 0.3) is 11.8 Å². The molecular formula is C35H51N3O5S. The summed E-state index contributed by atoms with van der Waals surface area (Å²) in [6.45, 7) is 9.15. The molecule has 0 bridgehead atoms. The van der Waals surface area contributed by atoms with Gasteiger partial charge in [-0.05, 0) is 117 Å². The Morgan fingerprint density at radius 3 is 2.59 bits per heavy atom. The van der Waals surface area contributed by atoms with Crippen LogP contribution in [0.15, 0.2) is 11.3 Å². The molecule has 6 aliphatic rings. The molecule has 0 aromatic heterocycles. The first-order chi connectivity index (χ1) is 20.9. The zero-order chi connectivity index (χ0) is 31.6. The monoisotopic (exact) mass is 625 g/mol. The minimum atomic E-state index is -0.617. The number of hydrogen-bond donors (Lipinski definition) is 4. The molecule has 0 radical (unpaired) electrons. The number of carbonyl (C=O) groups excluding carboxylic acids is 3. The molecule has 0 aromatic rings. The lowest BCUT2D eigenvalue weighted by atomic mass is 9.43. The van der Waals surface area contributed by atoms with E-state index in [1.165, 1.54) is 11.3 Å². The largest absolute Gasteiger partial charge is 0.393 e. The summed E-state index contributed by atoms with van der Waals surface area (Å²) in [5.74, 6) is 4.99. The Kier molecular flexibility index (Phi) is 8.69. The van der Waals surface area contributed by atoms with E-state index in [4.69, 9.17) is 6.42 Å². The number of carbonyl (C=O) groups is 3. The molecule has 9 heteroatoms. The first-order valence-corrected chi connectivity index (χ1v) is 18.0. The Hall–Kier alpha value is -2.02. The van der Waals surface area contributed by atoms with Crippen molar-refractivity contribution >= 4 is 29.5 Å². The molecule has 4 aliphatic carbocycles. The number of terminal acetylenes is 1. The molecule has 2 heterocycles. The lowest BCUT2D eigenvalue weighted by Gasteiger charge is -2.62. The van der Waals surface area contributed by atoms with Crippen molar-refractivity contribution in [2.24, 2.45) is 46.3 Å². The highest BCUT2D eigenvalue weighted by atomic mass is 32.2. The summed E-state index contributed by atoms with van der Waals surface area (Å²) in [6.07, 6.45) is 14.2. The van der Waals surface area contributed by atoms with Crippen molar-refractivity contribution in [3.8, 4) is 12.3 Å². The zero-order valence-electron chi connectivity index (χ0n) is 26.8. The smallest absolute Gasteiger partial charge is 0.268 e. The van der Waals surface area contributed by atoms with E-state index in [0.717, 1.165) is 56.9 Å². The van der Waals surface area contributed by atoms with Gasteiger partial charge >= 0.3 is 0 Å². The van der Waals surface area contributed by atoms with Gasteiger partial charge in [-0.25, -0.2) is 0 Å². The minimum absolute atomic E-state index is 0.0985. The second-order valence-electron chi connectivity index (χ2n) is 15.4. The number of nitrogens with zero attached hydrogens (tertiary/aromatic N) is 1. The summed E-state index contributed by atoms with van der Waals surface area (Å²) >= 11 is 1.57. The van der Waals surface area contributed by atoms with Gasteiger partial charge in [-0.2, -0.15) is 0 Å². The molecule has 1 saturated heterocycles. The number of hydrogen-bond acceptors (Lipinski definition) is 6.